The Morgan fingerprint density at radius 1 is 0.540 bits per heavy atom. The number of para-hydroxylation sites is 2. The maximum absolute atomic E-state index is 13.5. The molecular formula is C62H61ClF6N6O10S2. The van der Waals surface area contributed by atoms with Crippen LogP contribution in [0.2, 0.25) is 0 Å². The number of halogens is 7. The highest BCUT2D eigenvalue weighted by molar-refractivity contribution is 8.14. The Kier molecular flexibility index (Phi) is 17.2. The molecule has 6 saturated carbocycles. The van der Waals surface area contributed by atoms with E-state index in [0.29, 0.717) is 63.5 Å². The molecule has 6 aliphatic carbocycles. The third-order valence-electron chi connectivity index (χ3n) is 17.4. The van der Waals surface area contributed by atoms with E-state index in [4.69, 9.17) is 34.9 Å². The number of fused-ring (bicyclic) bond motifs is 6. The number of pyridine rings is 2. The molecule has 4 aromatic carbocycles. The van der Waals surface area contributed by atoms with Crippen LogP contribution in [0, 0.1) is 23.7 Å². The number of benzene rings is 4. The monoisotopic (exact) mass is 1260 g/mol. The van der Waals surface area contributed by atoms with Crippen LogP contribution in [-0.2, 0) is 41.8 Å². The lowest BCUT2D eigenvalue weighted by atomic mass is 9.83. The highest BCUT2D eigenvalue weighted by Gasteiger charge is 2.46. The molecule has 4 atom stereocenters. The molecule has 0 saturated heterocycles. The third kappa shape index (κ3) is 14.0. The summed E-state index contributed by atoms with van der Waals surface area (Å²) < 4.78 is 163. The molecule has 0 amide bonds. The number of nitrogens with zero attached hydrogens (tertiary/aromatic N) is 4. The van der Waals surface area contributed by atoms with Crippen LogP contribution in [0.25, 0.3) is 44.3 Å². The predicted octanol–water partition coefficient (Wildman–Crippen LogP) is 14.0. The van der Waals surface area contributed by atoms with E-state index in [1.807, 2.05) is 0 Å². The summed E-state index contributed by atoms with van der Waals surface area (Å²) in [5, 5.41) is 9.43. The molecule has 16 nitrogen and oxygen atoms in total. The number of alkyl halides is 6. The first-order valence-electron chi connectivity index (χ1n) is 28.9. The lowest BCUT2D eigenvalue weighted by Gasteiger charge is -2.35. The number of nitrogens with two attached hydrogens (primary N) is 1. The van der Waals surface area contributed by atoms with Crippen LogP contribution in [0.4, 0.5) is 26.3 Å². The molecule has 8 aromatic rings. The summed E-state index contributed by atoms with van der Waals surface area (Å²) in [5.74, 6) is 2.38. The molecule has 4 heterocycles. The van der Waals surface area contributed by atoms with Gasteiger partial charge in [-0.05, 0) is 174 Å². The van der Waals surface area contributed by atoms with Crippen molar-refractivity contribution in [2.45, 2.75) is 149 Å². The standard InChI is InChI=1S/C31H30F3N3O5S.C22H25F3N2O3.C9H6ClNO2S/c32-31(33,34)41-26-8-2-1-5-23(26)29-24(30(42-36-29)18-10-11-18)17-40-21-15-19-12-13-20(16-21)28(19)37-43(38,39)27-9-3-7-25-22(27)6-4-14-35-25;23-22(24,25)29-18-4-2-1-3-16(18)20-17(21(30-27-20)12-5-6-12)11-28-15-9-13-7-8-14(10-15)19(13)26;10-14(12,13)9-5-1-4-8-7(9)3-2-6-11-8/h1-9,14,18-21,28,37H,10-13,15-17H2;1-4,12-15,19H,5-11,26H2;1-6H. The lowest BCUT2D eigenvalue weighted by Crippen LogP contribution is -2.46. The number of hydrogen-bond acceptors (Lipinski definition) is 15. The van der Waals surface area contributed by atoms with Crippen LogP contribution < -0.4 is 19.9 Å². The quantitative estimate of drug-likeness (QED) is 0.0678. The van der Waals surface area contributed by atoms with Crippen molar-refractivity contribution in [2.75, 3.05) is 0 Å². The normalized spacial score (nSPS) is 23.6. The number of ether oxygens (including phenoxy) is 4. The van der Waals surface area contributed by atoms with Gasteiger partial charge in [0, 0.05) is 80.0 Å². The third-order valence-corrected chi connectivity index (χ3v) is 20.3. The van der Waals surface area contributed by atoms with Gasteiger partial charge >= 0.3 is 12.7 Å². The fourth-order valence-electron chi connectivity index (χ4n) is 13.1. The van der Waals surface area contributed by atoms with E-state index in [1.165, 1.54) is 36.4 Å². The van der Waals surface area contributed by atoms with Gasteiger partial charge < -0.3 is 33.7 Å². The highest BCUT2D eigenvalue weighted by Crippen LogP contribution is 2.50. The molecule has 4 bridgehead atoms. The van der Waals surface area contributed by atoms with Crippen LogP contribution in [0.15, 0.2) is 140 Å². The van der Waals surface area contributed by atoms with Crippen LogP contribution in [-0.4, -0.2) is 74.1 Å². The SMILES string of the molecule is NC1C2CCC1CC(OCc1c(-c3ccccc3OC(F)(F)F)noc1C1CC1)C2.O=S(=O)(Cl)c1cccc2ncccc12.O=S(=O)(NC1C2CCC1CC(OCc1c(-c3ccccc3OC(F)(F)F)noc1C1CC1)C2)c1cccc2ncccc12. The average Bonchev–Trinajstić information content (AvgIpc) is 2.53. The maximum atomic E-state index is 13.5. The Bertz CT molecular complexity index is 3970. The molecular weight excluding hydrogens is 1200 g/mol. The van der Waals surface area contributed by atoms with Gasteiger partial charge in [0.1, 0.15) is 34.4 Å². The molecule has 4 unspecified atom stereocenters. The van der Waals surface area contributed by atoms with Gasteiger partial charge in [0.2, 0.25) is 10.0 Å². The van der Waals surface area contributed by atoms with E-state index in [2.05, 4.69) is 34.5 Å². The van der Waals surface area contributed by atoms with Crippen LogP contribution in [0.5, 0.6) is 11.5 Å². The maximum Gasteiger partial charge on any atom is 0.573 e. The fourth-order valence-corrected chi connectivity index (χ4v) is 15.8. The first kappa shape index (κ1) is 60.6. The summed E-state index contributed by atoms with van der Waals surface area (Å²) in [7, 11) is -2.20. The van der Waals surface area contributed by atoms with Crippen LogP contribution in [0.1, 0.15) is 112 Å². The van der Waals surface area contributed by atoms with Crippen molar-refractivity contribution in [1.82, 2.24) is 25.0 Å². The summed E-state index contributed by atoms with van der Waals surface area (Å²) in [6, 6.07) is 28.7. The van der Waals surface area contributed by atoms with Gasteiger partial charge in [-0.3, -0.25) is 9.97 Å². The molecule has 25 heteroatoms. The zero-order chi connectivity index (χ0) is 60.8. The van der Waals surface area contributed by atoms with E-state index in [-0.39, 0.29) is 99.3 Å². The number of aromatic nitrogens is 4. The first-order chi connectivity index (χ1) is 41.6. The van der Waals surface area contributed by atoms with Crippen molar-refractivity contribution in [2.24, 2.45) is 29.4 Å². The topological polar surface area (TPSA) is 221 Å². The molecule has 3 N–H and O–H groups in total. The Morgan fingerprint density at radius 3 is 1.41 bits per heavy atom. The smallest absolute Gasteiger partial charge is 0.405 e. The Balaban J connectivity index is 0.000000144. The van der Waals surface area contributed by atoms with E-state index in [9.17, 15) is 43.2 Å². The van der Waals surface area contributed by atoms with Gasteiger partial charge in [0.25, 0.3) is 9.05 Å². The Morgan fingerprint density at radius 2 is 0.966 bits per heavy atom. The Labute approximate surface area is 501 Å². The zero-order valence-electron chi connectivity index (χ0n) is 46.6. The van der Waals surface area contributed by atoms with E-state index in [1.54, 1.807) is 85.2 Å². The molecule has 0 radical (unpaired) electrons. The lowest BCUT2D eigenvalue weighted by molar-refractivity contribution is -0.275. The van der Waals surface area contributed by atoms with Gasteiger partial charge in [-0.15, -0.1) is 26.3 Å². The molecule has 87 heavy (non-hydrogen) atoms. The largest absolute Gasteiger partial charge is 0.573 e. The first-order valence-corrected chi connectivity index (χ1v) is 32.7. The average molecular weight is 1260 g/mol. The molecule has 0 aliphatic heterocycles. The number of rotatable bonds is 16. The predicted molar refractivity (Wildman–Crippen MR) is 308 cm³/mol. The van der Waals surface area contributed by atoms with Crippen molar-refractivity contribution in [3.05, 3.63) is 144 Å². The summed E-state index contributed by atoms with van der Waals surface area (Å²) in [5.41, 5.74) is 10.0. The van der Waals surface area contributed by atoms with Gasteiger partial charge in [-0.25, -0.2) is 21.6 Å². The minimum Gasteiger partial charge on any atom is -0.405 e. The van der Waals surface area contributed by atoms with Gasteiger partial charge in [-0.2, -0.15) is 0 Å². The molecule has 0 spiro atoms. The molecule has 4 aromatic heterocycles. The number of hydrogen-bond donors (Lipinski definition) is 2. The summed E-state index contributed by atoms with van der Waals surface area (Å²) >= 11 is 0. The summed E-state index contributed by atoms with van der Waals surface area (Å²) in [6.07, 6.45) is 4.73. The Hall–Kier alpha value is -6.67. The van der Waals surface area contributed by atoms with E-state index < -0.39 is 31.8 Å². The minimum atomic E-state index is -4.85. The van der Waals surface area contributed by atoms with E-state index >= 15 is 0 Å². The highest BCUT2D eigenvalue weighted by atomic mass is 35.7. The van der Waals surface area contributed by atoms with Crippen molar-refractivity contribution in [3.63, 3.8) is 0 Å². The fraction of sp³-hybridized carbons (Fsp3) is 0.419. The summed E-state index contributed by atoms with van der Waals surface area (Å²) in [6.45, 7) is 0.402. The van der Waals surface area contributed by atoms with Crippen LogP contribution in [0.3, 0.4) is 0 Å². The molecule has 14 rings (SSSR count). The van der Waals surface area contributed by atoms with E-state index in [0.717, 1.165) is 75.5 Å². The van der Waals surface area contributed by atoms with Crippen molar-refractivity contribution in [3.8, 4) is 34.0 Å². The van der Waals surface area contributed by atoms with Gasteiger partial charge in [-0.1, -0.05) is 46.7 Å². The summed E-state index contributed by atoms with van der Waals surface area (Å²) in [4.78, 5) is 8.64. The van der Waals surface area contributed by atoms with Crippen molar-refractivity contribution >= 4 is 51.6 Å². The van der Waals surface area contributed by atoms with Crippen molar-refractivity contribution in [1.29, 1.82) is 0 Å². The number of sulfonamides is 1. The second kappa shape index (κ2) is 24.7. The van der Waals surface area contributed by atoms with Crippen molar-refractivity contribution < 1.29 is 71.2 Å². The molecule has 6 aliphatic rings. The van der Waals surface area contributed by atoms with Gasteiger partial charge in [0.15, 0.2) is 0 Å². The zero-order valence-corrected chi connectivity index (χ0v) is 49.0. The molecule has 460 valence electrons. The van der Waals surface area contributed by atoms with Crippen LogP contribution >= 0.6 is 10.7 Å². The van der Waals surface area contributed by atoms with Gasteiger partial charge in [0.05, 0.1) is 46.2 Å². The number of nitrogens with one attached hydrogen (secondary N) is 1. The second-order valence-corrected chi connectivity index (χ2v) is 27.4. The minimum absolute atomic E-state index is 0.102. The molecule has 6 fully saturated rings. The second-order valence-electron chi connectivity index (χ2n) is 23.2.